The van der Waals surface area contributed by atoms with Gasteiger partial charge in [0.25, 0.3) is 27.7 Å². The van der Waals surface area contributed by atoms with Crippen molar-refractivity contribution in [3.05, 3.63) is 84.0 Å². The molecule has 83 heavy (non-hydrogen) atoms. The number of primary amides is 1. The SMILES string of the molecule is CC(=CC(C(C)C)N(C)C(=O)C(NC(=O)C(N(C)C(=O)OC(C)(C)C)C(C)(C)c1ccccc1)C(C)(C)C)C(=O)NS(=O)(=O)c1ccc(NC(=O)C(CCCNC(N)=O)NC(=O)C(NC(=O)CCCCCN2C(=O)C=CC2=O)C(C)C)cc1. The van der Waals surface area contributed by atoms with Gasteiger partial charge in [-0.2, -0.15) is 0 Å². The van der Waals surface area contributed by atoms with Crippen LogP contribution in [0.15, 0.2) is 83.3 Å². The molecule has 0 saturated heterocycles. The Kier molecular flexibility index (Phi) is 25.2. The molecular weight excluding hydrogens is 1090 g/mol. The van der Waals surface area contributed by atoms with Gasteiger partial charge in [-0.05, 0) is 100 Å². The van der Waals surface area contributed by atoms with E-state index in [1.807, 2.05) is 58.0 Å². The van der Waals surface area contributed by atoms with E-state index in [2.05, 4.69) is 31.3 Å². The third-order valence-corrected chi connectivity index (χ3v) is 15.2. The van der Waals surface area contributed by atoms with E-state index in [-0.39, 0.29) is 66.2 Å². The number of nitrogens with one attached hydrogen (secondary N) is 6. The second-order valence-corrected chi connectivity index (χ2v) is 25.8. The first-order chi connectivity index (χ1) is 38.4. The molecule has 0 radical (unpaired) electrons. The van der Waals surface area contributed by atoms with Crippen molar-refractivity contribution in [1.82, 2.24) is 40.7 Å². The summed E-state index contributed by atoms with van der Waals surface area (Å²) in [6.07, 6.45) is 4.83. The number of nitrogens with zero attached hydrogens (tertiary/aromatic N) is 3. The summed E-state index contributed by atoms with van der Waals surface area (Å²) in [5.41, 5.74) is 3.28. The molecule has 5 unspecified atom stereocenters. The van der Waals surface area contributed by atoms with Crippen molar-refractivity contribution in [1.29, 1.82) is 0 Å². The molecule has 8 N–H and O–H groups in total. The van der Waals surface area contributed by atoms with Crippen LogP contribution in [-0.2, 0) is 58.5 Å². The number of anilines is 1. The van der Waals surface area contributed by atoms with E-state index in [9.17, 15) is 56.4 Å². The molecule has 3 rings (SSSR count). The quantitative estimate of drug-likeness (QED) is 0.0329. The fourth-order valence-electron chi connectivity index (χ4n) is 9.18. The van der Waals surface area contributed by atoms with Gasteiger partial charge in [-0.25, -0.2) is 22.7 Å². The van der Waals surface area contributed by atoms with Gasteiger partial charge >= 0.3 is 12.1 Å². The van der Waals surface area contributed by atoms with Crippen LogP contribution in [0.4, 0.5) is 15.3 Å². The highest BCUT2D eigenvalue weighted by molar-refractivity contribution is 7.90. The van der Waals surface area contributed by atoms with Gasteiger partial charge in [-0.15, -0.1) is 0 Å². The average molecular weight is 1180 g/mol. The topological polar surface area (TPSA) is 322 Å². The van der Waals surface area contributed by atoms with Crippen LogP contribution >= 0.6 is 0 Å². The predicted molar refractivity (Wildman–Crippen MR) is 314 cm³/mol. The predicted octanol–water partition coefficient (Wildman–Crippen LogP) is 5.16. The summed E-state index contributed by atoms with van der Waals surface area (Å²) in [7, 11) is -1.54. The molecule has 23 nitrogen and oxygen atoms in total. The maximum Gasteiger partial charge on any atom is 0.410 e. The van der Waals surface area contributed by atoms with Crippen LogP contribution in [0.5, 0.6) is 0 Å². The normalized spacial score (nSPS) is 14.9. The van der Waals surface area contributed by atoms with Crippen molar-refractivity contribution in [3.8, 4) is 0 Å². The molecule has 2 aromatic carbocycles. The zero-order valence-electron chi connectivity index (χ0n) is 50.8. The molecule has 1 aliphatic heterocycles. The van der Waals surface area contributed by atoms with Crippen LogP contribution in [0.25, 0.3) is 0 Å². The van der Waals surface area contributed by atoms with Crippen LogP contribution in [0.2, 0.25) is 0 Å². The molecule has 5 atom stereocenters. The standard InChI is InChI=1S/C59H88N10O13S/c1-36(2)43(67(14)54(77)48(57(6,7)8)65-53(76)49(68(15)56(79)82-58(9,10)11)59(12,13)39-23-18-16-19-24-39)35-38(5)50(73)66-83(80,81)41-29-27-40(28-30-41)62-51(74)42(25-22-33-61-55(60)78)63-52(75)47(37(3)4)64-44(70)26-20-17-21-34-69-45(71)31-32-46(69)72/h16,18-19,23-24,27-32,35-37,42-43,47-49H,17,20-22,25-26,33-34H2,1-15H3,(H,62,74)(H,63,75)(H,64,70)(H,65,76)(H,66,73)(H3,60,61,78). The van der Waals surface area contributed by atoms with Gasteiger partial charge in [0.05, 0.1) is 10.9 Å². The first kappa shape index (κ1) is 69.6. The zero-order chi connectivity index (χ0) is 62.9. The molecule has 0 aliphatic carbocycles. The number of hydrogen-bond donors (Lipinski definition) is 7. The van der Waals surface area contributed by atoms with Crippen molar-refractivity contribution < 1.29 is 61.1 Å². The number of ether oxygens (including phenoxy) is 1. The Labute approximate surface area is 489 Å². The summed E-state index contributed by atoms with van der Waals surface area (Å²) < 4.78 is 35.1. The third-order valence-electron chi connectivity index (χ3n) is 13.9. The Bertz CT molecular complexity index is 2820. The minimum Gasteiger partial charge on any atom is -0.444 e. The van der Waals surface area contributed by atoms with E-state index in [1.165, 1.54) is 61.2 Å². The van der Waals surface area contributed by atoms with E-state index in [0.717, 1.165) is 22.6 Å². The molecule has 0 fully saturated rings. The second-order valence-electron chi connectivity index (χ2n) is 24.1. The lowest BCUT2D eigenvalue weighted by Gasteiger charge is -2.42. The number of imide groups is 1. The summed E-state index contributed by atoms with van der Waals surface area (Å²) in [5.74, 6) is -5.44. The fraction of sp³-hybridized carbons (Fsp3) is 0.559. The van der Waals surface area contributed by atoms with Crippen molar-refractivity contribution in [2.75, 3.05) is 32.5 Å². The zero-order valence-corrected chi connectivity index (χ0v) is 51.6. The monoisotopic (exact) mass is 1180 g/mol. The summed E-state index contributed by atoms with van der Waals surface area (Å²) in [6.45, 7) is 22.9. The second kappa shape index (κ2) is 30.1. The summed E-state index contributed by atoms with van der Waals surface area (Å²) in [4.78, 5) is 135. The van der Waals surface area contributed by atoms with Gasteiger partial charge in [0.2, 0.25) is 29.5 Å². The number of amides is 11. The highest BCUT2D eigenvalue weighted by Gasteiger charge is 2.46. The van der Waals surface area contributed by atoms with E-state index in [1.54, 1.807) is 55.4 Å². The lowest BCUT2D eigenvalue weighted by Crippen LogP contribution is -2.63. The number of carbonyl (C=O) groups excluding carboxylic acids is 10. The number of unbranched alkanes of at least 4 members (excludes halogenated alkanes) is 2. The Balaban J connectivity index is 1.77. The van der Waals surface area contributed by atoms with Gasteiger partial charge in [-0.3, -0.25) is 48.2 Å². The molecular formula is C59H88N10O13S. The van der Waals surface area contributed by atoms with Gasteiger partial charge in [0.1, 0.15) is 29.8 Å². The van der Waals surface area contributed by atoms with E-state index >= 15 is 0 Å². The molecule has 11 amide bonds. The first-order valence-corrected chi connectivity index (χ1v) is 29.3. The smallest absolute Gasteiger partial charge is 0.410 e. The van der Waals surface area contributed by atoms with Crippen molar-refractivity contribution in [2.24, 2.45) is 23.0 Å². The number of carbonyl (C=O) groups is 10. The molecule has 0 bridgehead atoms. The Morgan fingerprint density at radius 2 is 1.31 bits per heavy atom. The van der Waals surface area contributed by atoms with Crippen LogP contribution in [0.3, 0.4) is 0 Å². The van der Waals surface area contributed by atoms with Crippen LogP contribution in [-0.4, -0.2) is 145 Å². The Hall–Kier alpha value is -7.63. The molecule has 24 heteroatoms. The highest BCUT2D eigenvalue weighted by atomic mass is 32.2. The number of sulfonamides is 1. The Morgan fingerprint density at radius 1 is 0.723 bits per heavy atom. The molecule has 0 aromatic heterocycles. The number of urea groups is 1. The van der Waals surface area contributed by atoms with E-state index in [0.29, 0.717) is 19.3 Å². The number of likely N-dealkylation sites (N-methyl/N-ethyl adjacent to an activating group) is 2. The largest absolute Gasteiger partial charge is 0.444 e. The maximum atomic E-state index is 14.7. The summed E-state index contributed by atoms with van der Waals surface area (Å²) in [6, 6.07) is 7.89. The van der Waals surface area contributed by atoms with Gasteiger partial charge < -0.3 is 42.0 Å². The van der Waals surface area contributed by atoms with Gasteiger partial charge in [0, 0.05) is 62.4 Å². The van der Waals surface area contributed by atoms with E-state index in [4.69, 9.17) is 10.5 Å². The summed E-state index contributed by atoms with van der Waals surface area (Å²) >= 11 is 0. The number of nitrogens with two attached hydrogens (primary N) is 1. The maximum absolute atomic E-state index is 14.7. The number of rotatable bonds is 28. The third kappa shape index (κ3) is 20.9. The van der Waals surface area contributed by atoms with Gasteiger partial charge in [-0.1, -0.05) is 105 Å². The molecule has 2 aromatic rings. The average Bonchev–Trinajstić information content (AvgIpc) is 3.94. The fourth-order valence-corrected chi connectivity index (χ4v) is 10.2. The first-order valence-electron chi connectivity index (χ1n) is 27.8. The van der Waals surface area contributed by atoms with Crippen molar-refractivity contribution in [2.45, 2.75) is 175 Å². The molecule has 0 spiro atoms. The minimum absolute atomic E-state index is 0.0121. The van der Waals surface area contributed by atoms with Crippen LogP contribution in [0, 0.1) is 17.3 Å². The summed E-state index contributed by atoms with van der Waals surface area (Å²) in [5, 5.41) is 13.4. The number of benzene rings is 2. The molecule has 0 saturated carbocycles. The molecule has 1 heterocycles. The van der Waals surface area contributed by atoms with Crippen molar-refractivity contribution in [3.63, 3.8) is 0 Å². The van der Waals surface area contributed by atoms with Crippen LogP contribution < -0.4 is 37.0 Å². The molecule has 458 valence electrons. The highest BCUT2D eigenvalue weighted by Crippen LogP contribution is 2.33. The van der Waals surface area contributed by atoms with Crippen molar-refractivity contribution >= 4 is 75.1 Å². The number of hydrogen-bond acceptors (Lipinski definition) is 13. The van der Waals surface area contributed by atoms with Crippen LogP contribution in [0.1, 0.15) is 134 Å². The van der Waals surface area contributed by atoms with E-state index < -0.39 is 110 Å². The van der Waals surface area contributed by atoms with Gasteiger partial charge in [0.15, 0.2) is 0 Å². The molecule has 1 aliphatic rings. The minimum atomic E-state index is -4.53. The Morgan fingerprint density at radius 3 is 1.84 bits per heavy atom. The lowest BCUT2D eigenvalue weighted by atomic mass is 9.76. The lowest BCUT2D eigenvalue weighted by molar-refractivity contribution is -0.142.